The van der Waals surface area contributed by atoms with Gasteiger partial charge in [0.2, 0.25) is 11.6 Å². The molecular formula is C12H14N3OS+. The molecule has 1 aliphatic rings. The van der Waals surface area contributed by atoms with E-state index in [1.54, 1.807) is 6.08 Å². The van der Waals surface area contributed by atoms with E-state index in [0.717, 1.165) is 16.3 Å². The molecule has 0 unspecified atom stereocenters. The first kappa shape index (κ1) is 11.7. The smallest absolute Gasteiger partial charge is 0.249 e. The van der Waals surface area contributed by atoms with Crippen LogP contribution in [0.25, 0.3) is 0 Å². The Hall–Kier alpha value is -1.75. The molecule has 0 aromatic heterocycles. The third-order valence-corrected chi connectivity index (χ3v) is 3.45. The molecule has 0 radical (unpaired) electrons. The van der Waals surface area contributed by atoms with Gasteiger partial charge < -0.3 is 5.32 Å². The van der Waals surface area contributed by atoms with Gasteiger partial charge in [0.1, 0.15) is 4.91 Å². The standard InChI is InChI=1S/C12H13N3OS/c1-9-11(17-14-15(9)2)8-12(16)13-10-6-4-3-5-7-10/h3-8H,1-2H3,(H-,13,14,16)/p+1. The van der Waals surface area contributed by atoms with Crippen LogP contribution >= 0.6 is 11.9 Å². The summed E-state index contributed by atoms with van der Waals surface area (Å²) in [6.45, 7) is 1.97. The number of benzene rings is 1. The minimum absolute atomic E-state index is 0.116. The molecule has 0 atom stereocenters. The molecule has 1 aromatic carbocycles. The van der Waals surface area contributed by atoms with Crippen molar-refractivity contribution in [3.63, 3.8) is 0 Å². The fourth-order valence-electron chi connectivity index (χ4n) is 1.38. The van der Waals surface area contributed by atoms with E-state index >= 15 is 0 Å². The van der Waals surface area contributed by atoms with Crippen molar-refractivity contribution < 1.29 is 9.48 Å². The van der Waals surface area contributed by atoms with E-state index < -0.39 is 0 Å². The van der Waals surface area contributed by atoms with Gasteiger partial charge in [-0.3, -0.25) is 4.79 Å². The number of amides is 1. The molecule has 1 aliphatic heterocycles. The minimum Gasteiger partial charge on any atom is -0.322 e. The highest BCUT2D eigenvalue weighted by atomic mass is 32.2. The number of hydrazone groups is 1. The number of hydrazine groups is 1. The summed E-state index contributed by atoms with van der Waals surface area (Å²) >= 11 is 1.44. The second-order valence-electron chi connectivity index (χ2n) is 3.70. The average molecular weight is 248 g/mol. The molecule has 0 spiro atoms. The van der Waals surface area contributed by atoms with E-state index in [-0.39, 0.29) is 5.91 Å². The number of anilines is 1. The lowest BCUT2D eigenvalue weighted by atomic mass is 10.3. The van der Waals surface area contributed by atoms with Crippen LogP contribution in [-0.4, -0.2) is 23.4 Å². The molecular weight excluding hydrogens is 234 g/mol. The van der Waals surface area contributed by atoms with E-state index in [2.05, 4.69) is 10.1 Å². The summed E-state index contributed by atoms with van der Waals surface area (Å²) in [5, 5.41) is 2.82. The van der Waals surface area contributed by atoms with Crippen molar-refractivity contribution in [1.82, 2.24) is 4.83 Å². The normalized spacial score (nSPS) is 17.2. The number of nitrogens with one attached hydrogen (secondary N) is 2. The van der Waals surface area contributed by atoms with Gasteiger partial charge >= 0.3 is 0 Å². The number of hydrogen-bond donors (Lipinski definition) is 2. The molecule has 1 heterocycles. The Kier molecular flexibility index (Phi) is 3.49. The number of carbonyl (C=O) groups is 1. The fourth-order valence-corrected chi connectivity index (χ4v) is 2.20. The van der Waals surface area contributed by atoms with Crippen molar-refractivity contribution in [3.05, 3.63) is 41.3 Å². The lowest BCUT2D eigenvalue weighted by Crippen LogP contribution is -2.16. The van der Waals surface area contributed by atoms with Crippen LogP contribution in [0.4, 0.5) is 5.69 Å². The highest BCUT2D eigenvalue weighted by Gasteiger charge is 2.22. The maximum atomic E-state index is 11.8. The van der Waals surface area contributed by atoms with Gasteiger partial charge in [0.25, 0.3) is 0 Å². The van der Waals surface area contributed by atoms with Crippen LogP contribution in [0.5, 0.6) is 0 Å². The summed E-state index contributed by atoms with van der Waals surface area (Å²) in [7, 11) is 1.91. The van der Waals surface area contributed by atoms with Gasteiger partial charge in [-0.15, -0.1) is 9.52 Å². The SMILES string of the molecule is CC1=[N+](C)NS/C1=C\C(=O)Nc1ccccc1. The van der Waals surface area contributed by atoms with Gasteiger partial charge in [-0.25, -0.2) is 0 Å². The summed E-state index contributed by atoms with van der Waals surface area (Å²) in [6.07, 6.45) is 1.60. The first-order valence-electron chi connectivity index (χ1n) is 5.24. The van der Waals surface area contributed by atoms with Crippen molar-refractivity contribution >= 4 is 29.3 Å². The number of carbonyl (C=O) groups excluding carboxylic acids is 1. The zero-order valence-electron chi connectivity index (χ0n) is 9.73. The van der Waals surface area contributed by atoms with Crippen LogP contribution in [0.2, 0.25) is 0 Å². The van der Waals surface area contributed by atoms with Crippen molar-refractivity contribution in [3.8, 4) is 0 Å². The zero-order chi connectivity index (χ0) is 12.3. The molecule has 5 heteroatoms. The van der Waals surface area contributed by atoms with Crippen molar-refractivity contribution in [2.45, 2.75) is 6.92 Å². The maximum Gasteiger partial charge on any atom is 0.249 e. The van der Waals surface area contributed by atoms with Crippen molar-refractivity contribution in [2.75, 3.05) is 12.4 Å². The molecule has 4 nitrogen and oxygen atoms in total. The first-order valence-corrected chi connectivity index (χ1v) is 6.06. The van der Waals surface area contributed by atoms with Crippen LogP contribution < -0.4 is 10.1 Å². The molecule has 0 aliphatic carbocycles. The van der Waals surface area contributed by atoms with Crippen molar-refractivity contribution in [1.29, 1.82) is 0 Å². The Labute approximate surface area is 105 Å². The van der Waals surface area contributed by atoms with Gasteiger partial charge in [-0.1, -0.05) is 18.2 Å². The van der Waals surface area contributed by atoms with Gasteiger partial charge in [0, 0.05) is 18.7 Å². The highest BCUT2D eigenvalue weighted by molar-refractivity contribution is 8.02. The molecule has 1 aromatic rings. The number of allylic oxidation sites excluding steroid dienone is 1. The van der Waals surface area contributed by atoms with E-state index in [4.69, 9.17) is 0 Å². The third-order valence-electron chi connectivity index (χ3n) is 2.46. The molecule has 0 bridgehead atoms. The van der Waals surface area contributed by atoms with Crippen LogP contribution in [0.3, 0.4) is 0 Å². The molecule has 1 amide bonds. The highest BCUT2D eigenvalue weighted by Crippen LogP contribution is 2.18. The minimum atomic E-state index is -0.116. The van der Waals surface area contributed by atoms with E-state index in [1.807, 2.05) is 49.0 Å². The lowest BCUT2D eigenvalue weighted by molar-refractivity contribution is -0.530. The molecule has 0 fully saturated rings. The second-order valence-corrected chi connectivity index (χ2v) is 4.53. The largest absolute Gasteiger partial charge is 0.322 e. The summed E-state index contributed by atoms with van der Waals surface area (Å²) in [5.41, 5.74) is 1.84. The van der Waals surface area contributed by atoms with Crippen LogP contribution in [0.15, 0.2) is 41.3 Å². The quantitative estimate of drug-likeness (QED) is 0.476. The summed E-state index contributed by atoms with van der Waals surface area (Å²) in [6, 6.07) is 9.41. The summed E-state index contributed by atoms with van der Waals surface area (Å²) in [4.78, 5) is 15.7. The van der Waals surface area contributed by atoms with Gasteiger partial charge in [-0.2, -0.15) is 0 Å². The molecule has 0 saturated heterocycles. The Bertz CT molecular complexity index is 494. The summed E-state index contributed by atoms with van der Waals surface area (Å²) < 4.78 is 1.88. The predicted molar refractivity (Wildman–Crippen MR) is 70.7 cm³/mol. The summed E-state index contributed by atoms with van der Waals surface area (Å²) in [5.74, 6) is -0.116. The molecule has 0 saturated carbocycles. The van der Waals surface area contributed by atoms with Crippen LogP contribution in [0, 0.1) is 0 Å². The average Bonchev–Trinajstić information content (AvgIpc) is 2.62. The molecule has 2 rings (SSSR count). The fraction of sp³-hybridized carbons (Fsp3) is 0.167. The Morgan fingerprint density at radius 2 is 2.12 bits per heavy atom. The topological polar surface area (TPSA) is 44.1 Å². The first-order chi connectivity index (χ1) is 8.16. The molecule has 17 heavy (non-hydrogen) atoms. The van der Waals surface area contributed by atoms with Gasteiger partial charge in [0.15, 0.2) is 7.05 Å². The predicted octanol–water partition coefficient (Wildman–Crippen LogP) is 1.78. The van der Waals surface area contributed by atoms with E-state index in [0.29, 0.717) is 0 Å². The number of rotatable bonds is 2. The monoisotopic (exact) mass is 248 g/mol. The van der Waals surface area contributed by atoms with Crippen LogP contribution in [0.1, 0.15) is 6.92 Å². The Morgan fingerprint density at radius 3 is 2.71 bits per heavy atom. The van der Waals surface area contributed by atoms with E-state index in [1.165, 1.54) is 11.9 Å². The van der Waals surface area contributed by atoms with Crippen LogP contribution in [-0.2, 0) is 4.79 Å². The number of nitrogens with zero attached hydrogens (tertiary/aromatic N) is 1. The Balaban J connectivity index is 2.06. The zero-order valence-corrected chi connectivity index (χ0v) is 10.5. The van der Waals surface area contributed by atoms with Crippen molar-refractivity contribution in [2.24, 2.45) is 0 Å². The lowest BCUT2D eigenvalue weighted by Gasteiger charge is -2.00. The number of hydrogen-bond acceptors (Lipinski definition) is 3. The maximum absolute atomic E-state index is 11.8. The molecule has 88 valence electrons. The van der Waals surface area contributed by atoms with Gasteiger partial charge in [-0.05, 0) is 12.1 Å². The Morgan fingerprint density at radius 1 is 1.41 bits per heavy atom. The van der Waals surface area contributed by atoms with Gasteiger partial charge in [0.05, 0.1) is 11.9 Å². The van der Waals surface area contributed by atoms with E-state index in [9.17, 15) is 4.79 Å². The second kappa shape index (κ2) is 5.05. The number of para-hydroxylation sites is 1. The third kappa shape index (κ3) is 2.88. The molecule has 2 N–H and O–H groups in total.